The number of benzene rings is 4. The summed E-state index contributed by atoms with van der Waals surface area (Å²) in [5, 5.41) is 14.4. The number of aryl methyl sites for hydroxylation is 2. The molecule has 4 aromatic rings. The van der Waals surface area contributed by atoms with E-state index in [0.29, 0.717) is 17.0 Å². The van der Waals surface area contributed by atoms with Gasteiger partial charge in [0.05, 0.1) is 0 Å². The zero-order valence-corrected chi connectivity index (χ0v) is 18.9. The van der Waals surface area contributed by atoms with Gasteiger partial charge in [-0.25, -0.2) is 4.39 Å². The quantitative estimate of drug-likeness (QED) is 0.262. The average Bonchev–Trinajstić information content (AvgIpc) is 2.84. The molecule has 0 radical (unpaired) electrons. The Balaban J connectivity index is 1.69. The number of hydrogen-bond donors (Lipinski definition) is 1. The highest BCUT2D eigenvalue weighted by Crippen LogP contribution is 2.31. The topological polar surface area (TPSA) is 62.1 Å². The van der Waals surface area contributed by atoms with Crippen LogP contribution in [0.25, 0.3) is 16.8 Å². The van der Waals surface area contributed by atoms with E-state index >= 15 is 0 Å². The second kappa shape index (κ2) is 10.0. The minimum absolute atomic E-state index is 0.0405. The molecule has 0 bridgehead atoms. The first-order chi connectivity index (χ1) is 16.4. The predicted octanol–water partition coefficient (Wildman–Crippen LogP) is 6.72. The number of nitrogens with one attached hydrogen (secondary N) is 1. The molecule has 1 N–H and O–H groups in total. The Kier molecular flexibility index (Phi) is 6.70. The standard InChI is InChI=1S/C29H23FN2O2/c1-19-7-13-25(15-20(19)2)32-29(33)23(17-31)16-27-26-6-4-3-5-22(26)10-14-28(27)34-18-21-8-11-24(30)12-9-21/h3-16H,18H2,1-2H3,(H,32,33)/b23-16+. The highest BCUT2D eigenvalue weighted by Gasteiger charge is 2.14. The van der Waals surface area contributed by atoms with Gasteiger partial charge in [-0.15, -0.1) is 0 Å². The van der Waals surface area contributed by atoms with E-state index in [1.807, 2.05) is 74.5 Å². The fraction of sp³-hybridized carbons (Fsp3) is 0.103. The molecule has 0 spiro atoms. The minimum atomic E-state index is -0.497. The number of amides is 1. The number of nitriles is 1. The smallest absolute Gasteiger partial charge is 0.266 e. The van der Waals surface area contributed by atoms with Gasteiger partial charge in [-0.2, -0.15) is 5.26 Å². The summed E-state index contributed by atoms with van der Waals surface area (Å²) in [7, 11) is 0. The van der Waals surface area contributed by atoms with Crippen LogP contribution in [0, 0.1) is 31.0 Å². The van der Waals surface area contributed by atoms with Gasteiger partial charge in [0.25, 0.3) is 5.91 Å². The van der Waals surface area contributed by atoms with E-state index in [1.165, 1.54) is 12.1 Å². The lowest BCUT2D eigenvalue weighted by molar-refractivity contribution is -0.112. The molecule has 1 amide bonds. The summed E-state index contributed by atoms with van der Waals surface area (Å²) in [6, 6.07) is 25.1. The number of nitrogens with zero attached hydrogens (tertiary/aromatic N) is 1. The van der Waals surface area contributed by atoms with Crippen molar-refractivity contribution in [1.29, 1.82) is 5.26 Å². The van der Waals surface area contributed by atoms with Crippen molar-refractivity contribution in [3.8, 4) is 11.8 Å². The Morgan fingerprint density at radius 3 is 2.50 bits per heavy atom. The fourth-order valence-corrected chi connectivity index (χ4v) is 3.60. The van der Waals surface area contributed by atoms with Crippen LogP contribution < -0.4 is 10.1 Å². The van der Waals surface area contributed by atoms with E-state index in [-0.39, 0.29) is 18.0 Å². The molecule has 168 valence electrons. The third kappa shape index (κ3) is 5.13. The molecule has 4 aromatic carbocycles. The fourth-order valence-electron chi connectivity index (χ4n) is 3.60. The molecule has 4 rings (SSSR count). The molecule has 0 heterocycles. The van der Waals surface area contributed by atoms with Crippen LogP contribution in [0.4, 0.5) is 10.1 Å². The Morgan fingerprint density at radius 1 is 1.00 bits per heavy atom. The molecule has 34 heavy (non-hydrogen) atoms. The zero-order valence-electron chi connectivity index (χ0n) is 18.9. The molecule has 0 aliphatic carbocycles. The van der Waals surface area contributed by atoms with Crippen LogP contribution in [0.3, 0.4) is 0 Å². The first kappa shape index (κ1) is 22.8. The summed E-state index contributed by atoms with van der Waals surface area (Å²) >= 11 is 0. The summed E-state index contributed by atoms with van der Waals surface area (Å²) in [6.45, 7) is 4.18. The number of hydrogen-bond acceptors (Lipinski definition) is 3. The van der Waals surface area contributed by atoms with Crippen molar-refractivity contribution in [1.82, 2.24) is 0 Å². The molecule has 0 saturated heterocycles. The van der Waals surface area contributed by atoms with Gasteiger partial charge in [-0.1, -0.05) is 48.5 Å². The Morgan fingerprint density at radius 2 is 1.76 bits per heavy atom. The molecule has 4 nitrogen and oxygen atoms in total. The lowest BCUT2D eigenvalue weighted by Crippen LogP contribution is -2.13. The van der Waals surface area contributed by atoms with Crippen molar-refractivity contribution in [2.24, 2.45) is 0 Å². The van der Waals surface area contributed by atoms with Gasteiger partial charge in [0.15, 0.2) is 0 Å². The SMILES string of the molecule is Cc1ccc(NC(=O)/C(C#N)=C/c2c(OCc3ccc(F)cc3)ccc3ccccc23)cc1C. The van der Waals surface area contributed by atoms with Crippen LogP contribution >= 0.6 is 0 Å². The number of ether oxygens (including phenoxy) is 1. The van der Waals surface area contributed by atoms with Crippen molar-refractivity contribution in [3.63, 3.8) is 0 Å². The Hall–Kier alpha value is -4.43. The molecule has 5 heteroatoms. The van der Waals surface area contributed by atoms with E-state index in [2.05, 4.69) is 5.32 Å². The van der Waals surface area contributed by atoms with Crippen LogP contribution in [0.15, 0.2) is 84.4 Å². The molecule has 0 atom stereocenters. The van der Waals surface area contributed by atoms with E-state index in [9.17, 15) is 14.4 Å². The number of carbonyl (C=O) groups excluding carboxylic acids is 1. The maximum atomic E-state index is 13.2. The molecule has 0 unspecified atom stereocenters. The van der Waals surface area contributed by atoms with Gasteiger partial charge in [-0.05, 0) is 77.7 Å². The number of fused-ring (bicyclic) bond motifs is 1. The monoisotopic (exact) mass is 450 g/mol. The van der Waals surface area contributed by atoms with Crippen LogP contribution in [0.5, 0.6) is 5.75 Å². The maximum Gasteiger partial charge on any atom is 0.266 e. The third-order valence-electron chi connectivity index (χ3n) is 5.66. The molecule has 0 fully saturated rings. The van der Waals surface area contributed by atoms with Crippen LogP contribution in [-0.2, 0) is 11.4 Å². The lowest BCUT2D eigenvalue weighted by Gasteiger charge is -2.13. The highest BCUT2D eigenvalue weighted by atomic mass is 19.1. The van der Waals surface area contributed by atoms with Crippen LogP contribution in [0.2, 0.25) is 0 Å². The largest absolute Gasteiger partial charge is 0.488 e. The summed E-state index contributed by atoms with van der Waals surface area (Å²) in [4.78, 5) is 12.9. The summed E-state index contributed by atoms with van der Waals surface area (Å²) in [5.41, 5.74) is 4.18. The lowest BCUT2D eigenvalue weighted by atomic mass is 10.0. The Bertz CT molecular complexity index is 1430. The highest BCUT2D eigenvalue weighted by molar-refractivity contribution is 6.11. The van der Waals surface area contributed by atoms with Crippen molar-refractivity contribution >= 4 is 28.4 Å². The van der Waals surface area contributed by atoms with E-state index < -0.39 is 5.91 Å². The van der Waals surface area contributed by atoms with Gasteiger partial charge in [0.1, 0.15) is 29.8 Å². The first-order valence-electron chi connectivity index (χ1n) is 10.8. The predicted molar refractivity (Wildman–Crippen MR) is 133 cm³/mol. The molecular weight excluding hydrogens is 427 g/mol. The van der Waals surface area contributed by atoms with Crippen LogP contribution in [-0.4, -0.2) is 5.91 Å². The molecule has 0 aliphatic rings. The van der Waals surface area contributed by atoms with Crippen LogP contribution in [0.1, 0.15) is 22.3 Å². The summed E-state index contributed by atoms with van der Waals surface area (Å²) in [5.74, 6) is -0.288. The van der Waals surface area contributed by atoms with Gasteiger partial charge < -0.3 is 10.1 Å². The first-order valence-corrected chi connectivity index (χ1v) is 10.8. The Labute approximate surface area is 197 Å². The number of halogens is 1. The average molecular weight is 451 g/mol. The van der Waals surface area contributed by atoms with E-state index in [0.717, 1.165) is 27.5 Å². The van der Waals surface area contributed by atoms with Crippen molar-refractivity contribution < 1.29 is 13.9 Å². The minimum Gasteiger partial charge on any atom is -0.488 e. The van der Waals surface area contributed by atoms with Gasteiger partial charge in [0, 0.05) is 11.3 Å². The van der Waals surface area contributed by atoms with E-state index in [4.69, 9.17) is 4.74 Å². The zero-order chi connectivity index (χ0) is 24.1. The second-order valence-corrected chi connectivity index (χ2v) is 8.04. The van der Waals surface area contributed by atoms with Crippen molar-refractivity contribution in [2.45, 2.75) is 20.5 Å². The normalized spacial score (nSPS) is 11.2. The summed E-state index contributed by atoms with van der Waals surface area (Å²) < 4.78 is 19.3. The van der Waals surface area contributed by atoms with Gasteiger partial charge >= 0.3 is 0 Å². The van der Waals surface area contributed by atoms with Gasteiger partial charge in [-0.3, -0.25) is 4.79 Å². The number of anilines is 1. The number of rotatable bonds is 6. The second-order valence-electron chi connectivity index (χ2n) is 8.04. The molecule has 0 aromatic heterocycles. The van der Waals surface area contributed by atoms with Gasteiger partial charge in [0.2, 0.25) is 0 Å². The van der Waals surface area contributed by atoms with Crippen molar-refractivity contribution in [3.05, 3.63) is 113 Å². The van der Waals surface area contributed by atoms with E-state index in [1.54, 1.807) is 18.2 Å². The maximum absolute atomic E-state index is 13.2. The third-order valence-corrected chi connectivity index (χ3v) is 5.66. The molecule has 0 aliphatic heterocycles. The van der Waals surface area contributed by atoms with Crippen molar-refractivity contribution in [2.75, 3.05) is 5.32 Å². The molecular formula is C29H23FN2O2. The number of carbonyl (C=O) groups is 1. The molecule has 0 saturated carbocycles. The summed E-state index contributed by atoms with van der Waals surface area (Å²) in [6.07, 6.45) is 1.55.